The van der Waals surface area contributed by atoms with Gasteiger partial charge in [-0.2, -0.15) is 5.10 Å². The lowest BCUT2D eigenvalue weighted by Crippen LogP contribution is -2.30. The van der Waals surface area contributed by atoms with Gasteiger partial charge in [0.05, 0.1) is 6.54 Å². The molecule has 0 fully saturated rings. The third kappa shape index (κ3) is 5.53. The third-order valence-electron chi connectivity index (χ3n) is 3.72. The Morgan fingerprint density at radius 3 is 2.74 bits per heavy atom. The first kappa shape index (κ1) is 18.4. The number of rotatable bonds is 8. The van der Waals surface area contributed by atoms with Crippen LogP contribution in [-0.2, 0) is 22.5 Å². The van der Waals surface area contributed by atoms with E-state index in [4.69, 9.17) is 9.15 Å². The fourth-order valence-corrected chi connectivity index (χ4v) is 2.38. The van der Waals surface area contributed by atoms with Crippen LogP contribution in [0.25, 0.3) is 0 Å². The molecule has 0 atom stereocenters. The smallest absolute Gasteiger partial charge is 0.374 e. The summed E-state index contributed by atoms with van der Waals surface area (Å²) in [5.41, 5.74) is 0.897. The van der Waals surface area contributed by atoms with Crippen LogP contribution in [0.1, 0.15) is 21.9 Å². The number of esters is 1. The number of carbonyl (C=O) groups is 2. The molecule has 3 aromatic rings. The van der Waals surface area contributed by atoms with Gasteiger partial charge in [-0.25, -0.2) is 9.18 Å². The number of carbonyl (C=O) groups excluding carboxylic acids is 2. The van der Waals surface area contributed by atoms with E-state index in [0.29, 0.717) is 25.3 Å². The number of amides is 1. The van der Waals surface area contributed by atoms with E-state index in [0.717, 1.165) is 5.56 Å². The van der Waals surface area contributed by atoms with Crippen LogP contribution >= 0.6 is 0 Å². The highest BCUT2D eigenvalue weighted by atomic mass is 19.1. The van der Waals surface area contributed by atoms with Crippen LogP contribution in [0.15, 0.2) is 59.3 Å². The minimum Gasteiger partial charge on any atom is -0.452 e. The summed E-state index contributed by atoms with van der Waals surface area (Å²) in [6.07, 6.45) is 3.97. The molecule has 3 rings (SSSR count). The van der Waals surface area contributed by atoms with Crippen LogP contribution < -0.4 is 5.32 Å². The number of hydrogen-bond acceptors (Lipinski definition) is 5. The van der Waals surface area contributed by atoms with Gasteiger partial charge in [-0.15, -0.1) is 0 Å². The summed E-state index contributed by atoms with van der Waals surface area (Å²) < 4.78 is 24.8. The molecule has 0 saturated heterocycles. The molecule has 1 aromatic carbocycles. The summed E-state index contributed by atoms with van der Waals surface area (Å²) >= 11 is 0. The molecule has 0 aliphatic carbocycles. The number of aromatic nitrogens is 2. The predicted octanol–water partition coefficient (Wildman–Crippen LogP) is 2.18. The van der Waals surface area contributed by atoms with Crippen LogP contribution in [0.5, 0.6) is 0 Å². The Kier molecular flexibility index (Phi) is 5.98. The average Bonchev–Trinajstić information content (AvgIpc) is 3.34. The lowest BCUT2D eigenvalue weighted by Gasteiger charge is -2.06. The molecule has 0 bridgehead atoms. The highest BCUT2D eigenvalue weighted by Crippen LogP contribution is 2.10. The number of ether oxygens (including phenoxy) is 1. The summed E-state index contributed by atoms with van der Waals surface area (Å²) in [6, 6.07) is 11.0. The Morgan fingerprint density at radius 1 is 1.19 bits per heavy atom. The van der Waals surface area contributed by atoms with Crippen molar-refractivity contribution in [1.29, 1.82) is 0 Å². The largest absolute Gasteiger partial charge is 0.452 e. The molecular formula is C19H18FN3O4. The quantitative estimate of drug-likeness (QED) is 0.614. The van der Waals surface area contributed by atoms with Gasteiger partial charge in [-0.05, 0) is 42.3 Å². The highest BCUT2D eigenvalue weighted by Gasteiger charge is 2.14. The summed E-state index contributed by atoms with van der Waals surface area (Å²) in [5, 5.41) is 6.68. The van der Waals surface area contributed by atoms with Crippen LogP contribution in [0.2, 0.25) is 0 Å². The summed E-state index contributed by atoms with van der Waals surface area (Å²) in [4.78, 5) is 23.7. The van der Waals surface area contributed by atoms with E-state index in [1.807, 2.05) is 0 Å². The topological polar surface area (TPSA) is 86.4 Å². The van der Waals surface area contributed by atoms with Gasteiger partial charge < -0.3 is 14.5 Å². The van der Waals surface area contributed by atoms with Crippen molar-refractivity contribution in [3.05, 3.63) is 77.8 Å². The van der Waals surface area contributed by atoms with Crippen molar-refractivity contribution in [3.8, 4) is 0 Å². The lowest BCUT2D eigenvalue weighted by atomic mass is 10.1. The van der Waals surface area contributed by atoms with Crippen LogP contribution in [0.3, 0.4) is 0 Å². The number of benzene rings is 1. The molecule has 2 aromatic heterocycles. The predicted molar refractivity (Wildman–Crippen MR) is 93.4 cm³/mol. The zero-order chi connectivity index (χ0) is 19.1. The monoisotopic (exact) mass is 371 g/mol. The lowest BCUT2D eigenvalue weighted by molar-refractivity contribution is -0.124. The molecule has 0 saturated carbocycles. The Bertz CT molecular complexity index is 888. The van der Waals surface area contributed by atoms with Crippen molar-refractivity contribution < 1.29 is 23.1 Å². The highest BCUT2D eigenvalue weighted by molar-refractivity contribution is 5.88. The molecule has 8 heteroatoms. The van der Waals surface area contributed by atoms with Crippen LogP contribution in [0, 0.1) is 5.82 Å². The van der Waals surface area contributed by atoms with Crippen molar-refractivity contribution in [2.75, 3.05) is 13.2 Å². The minimum atomic E-state index is -0.713. The Morgan fingerprint density at radius 2 is 2.00 bits per heavy atom. The SMILES string of the molecule is O=C(COC(=O)c1ccc(Cn2cccn2)o1)NCCc1ccc(F)cc1. The van der Waals surface area contributed by atoms with Crippen molar-refractivity contribution in [2.45, 2.75) is 13.0 Å². The number of hydrogen-bond donors (Lipinski definition) is 1. The van der Waals surface area contributed by atoms with E-state index >= 15 is 0 Å². The molecule has 0 radical (unpaired) electrons. The van der Waals surface area contributed by atoms with Crippen molar-refractivity contribution in [1.82, 2.24) is 15.1 Å². The maximum absolute atomic E-state index is 12.8. The van der Waals surface area contributed by atoms with Gasteiger partial charge in [0, 0.05) is 18.9 Å². The van der Waals surface area contributed by atoms with E-state index in [1.165, 1.54) is 18.2 Å². The molecule has 27 heavy (non-hydrogen) atoms. The maximum Gasteiger partial charge on any atom is 0.374 e. The average molecular weight is 371 g/mol. The van der Waals surface area contributed by atoms with E-state index in [9.17, 15) is 14.0 Å². The summed E-state index contributed by atoms with van der Waals surface area (Å²) in [7, 11) is 0. The normalized spacial score (nSPS) is 10.6. The van der Waals surface area contributed by atoms with Gasteiger partial charge >= 0.3 is 5.97 Å². The molecule has 0 unspecified atom stereocenters. The van der Waals surface area contributed by atoms with E-state index in [2.05, 4.69) is 10.4 Å². The Labute approximate surface area is 154 Å². The van der Waals surface area contributed by atoms with Crippen molar-refractivity contribution in [3.63, 3.8) is 0 Å². The first-order valence-corrected chi connectivity index (χ1v) is 8.34. The van der Waals surface area contributed by atoms with Crippen molar-refractivity contribution in [2.24, 2.45) is 0 Å². The van der Waals surface area contributed by atoms with Gasteiger partial charge in [-0.3, -0.25) is 9.48 Å². The standard InChI is InChI=1S/C19H18FN3O4/c20-15-4-2-14(3-5-15)8-10-21-18(24)13-26-19(25)17-7-6-16(27-17)12-23-11-1-9-22-23/h1-7,9,11H,8,10,12-13H2,(H,21,24). The molecule has 0 aliphatic heterocycles. The Balaban J connectivity index is 1.38. The zero-order valence-corrected chi connectivity index (χ0v) is 14.4. The molecular weight excluding hydrogens is 353 g/mol. The van der Waals surface area contributed by atoms with Gasteiger partial charge in [0.25, 0.3) is 5.91 Å². The number of nitrogens with one attached hydrogen (secondary N) is 1. The second-order valence-corrected chi connectivity index (χ2v) is 5.77. The van der Waals surface area contributed by atoms with Crippen LogP contribution in [-0.4, -0.2) is 34.8 Å². The molecule has 1 N–H and O–H groups in total. The third-order valence-corrected chi connectivity index (χ3v) is 3.72. The molecule has 0 spiro atoms. The second kappa shape index (κ2) is 8.79. The molecule has 2 heterocycles. The number of nitrogens with zero attached hydrogens (tertiary/aromatic N) is 2. The molecule has 7 nitrogen and oxygen atoms in total. The fourth-order valence-electron chi connectivity index (χ4n) is 2.38. The second-order valence-electron chi connectivity index (χ2n) is 5.77. The van der Waals surface area contributed by atoms with Crippen molar-refractivity contribution >= 4 is 11.9 Å². The van der Waals surface area contributed by atoms with Gasteiger partial charge in [0.15, 0.2) is 6.61 Å². The van der Waals surface area contributed by atoms with Gasteiger partial charge in [0.1, 0.15) is 11.6 Å². The molecule has 0 aliphatic rings. The van der Waals surface area contributed by atoms with Gasteiger partial charge in [-0.1, -0.05) is 12.1 Å². The first-order valence-electron chi connectivity index (χ1n) is 8.34. The fraction of sp³-hybridized carbons (Fsp3) is 0.211. The maximum atomic E-state index is 12.8. The molecule has 140 valence electrons. The van der Waals surface area contributed by atoms with E-state index in [1.54, 1.807) is 41.3 Å². The van der Waals surface area contributed by atoms with E-state index < -0.39 is 18.5 Å². The minimum absolute atomic E-state index is 0.0243. The molecule has 1 amide bonds. The number of halogens is 1. The van der Waals surface area contributed by atoms with Gasteiger partial charge in [0.2, 0.25) is 5.76 Å². The summed E-state index contributed by atoms with van der Waals surface area (Å²) in [6.45, 7) is 0.346. The first-order chi connectivity index (χ1) is 13.1. The number of furan rings is 1. The van der Waals surface area contributed by atoms with E-state index in [-0.39, 0.29) is 11.6 Å². The zero-order valence-electron chi connectivity index (χ0n) is 14.4. The summed E-state index contributed by atoms with van der Waals surface area (Å²) in [5.74, 6) is -0.866. The Hall–Kier alpha value is -3.42. The van der Waals surface area contributed by atoms with Crippen LogP contribution in [0.4, 0.5) is 4.39 Å².